The number of hydrogen-bond donors (Lipinski definition) is 1. The Morgan fingerprint density at radius 3 is 2.25 bits per heavy atom. The Labute approximate surface area is 137 Å². The van der Waals surface area contributed by atoms with Crippen LogP contribution in [-0.2, 0) is 16.1 Å². The lowest BCUT2D eigenvalue weighted by Crippen LogP contribution is -2.42. The fourth-order valence-electron chi connectivity index (χ4n) is 2.65. The van der Waals surface area contributed by atoms with Crippen LogP contribution < -0.4 is 4.74 Å². The quantitative estimate of drug-likeness (QED) is 0.860. The maximum atomic E-state index is 12.2. The predicted octanol–water partition coefficient (Wildman–Crippen LogP) is 3.19. The number of hydrogen-bond acceptors (Lipinski definition) is 3. The molecule has 1 N–H and O–H groups in total. The molecular formula is C16H18F3NO4. The van der Waals surface area contributed by atoms with E-state index in [1.807, 2.05) is 0 Å². The minimum absolute atomic E-state index is 0.0614. The molecule has 0 saturated heterocycles. The summed E-state index contributed by atoms with van der Waals surface area (Å²) in [5.41, 5.74) is -0.339. The highest BCUT2D eigenvalue weighted by Gasteiger charge is 2.46. The number of carboxylic acids is 1. The van der Waals surface area contributed by atoms with Crippen molar-refractivity contribution in [1.82, 2.24) is 4.90 Å². The lowest BCUT2D eigenvalue weighted by molar-refractivity contribution is -0.274. The molecule has 24 heavy (non-hydrogen) atoms. The Morgan fingerprint density at radius 1 is 1.25 bits per heavy atom. The number of ether oxygens (including phenoxy) is 1. The van der Waals surface area contributed by atoms with Crippen molar-refractivity contribution >= 4 is 11.9 Å². The fourth-order valence-corrected chi connectivity index (χ4v) is 2.65. The second kappa shape index (κ2) is 6.70. The zero-order chi connectivity index (χ0) is 18.0. The van der Waals surface area contributed by atoms with Crippen LogP contribution in [0, 0.1) is 5.41 Å². The Kier molecular flexibility index (Phi) is 5.05. The monoisotopic (exact) mass is 345 g/mol. The van der Waals surface area contributed by atoms with Crippen LogP contribution in [0.2, 0.25) is 0 Å². The highest BCUT2D eigenvalue weighted by atomic mass is 19.4. The number of nitrogens with zero attached hydrogens (tertiary/aromatic N) is 1. The number of amides is 1. The number of carbonyl (C=O) groups excluding carboxylic acids is 1. The lowest BCUT2D eigenvalue weighted by atomic mass is 9.66. The van der Waals surface area contributed by atoms with E-state index in [-0.39, 0.29) is 24.6 Å². The number of halogens is 3. The molecule has 1 aliphatic rings. The maximum Gasteiger partial charge on any atom is 0.573 e. The second-order valence-electron chi connectivity index (χ2n) is 6.06. The van der Waals surface area contributed by atoms with Crippen LogP contribution in [0.5, 0.6) is 5.75 Å². The summed E-state index contributed by atoms with van der Waals surface area (Å²) < 4.78 is 40.1. The summed E-state index contributed by atoms with van der Waals surface area (Å²) in [4.78, 5) is 24.9. The number of benzene rings is 1. The summed E-state index contributed by atoms with van der Waals surface area (Å²) in [6, 6.07) is 5.21. The van der Waals surface area contributed by atoms with Crippen molar-refractivity contribution in [2.24, 2.45) is 5.41 Å². The summed E-state index contributed by atoms with van der Waals surface area (Å²) in [5.74, 6) is -1.59. The van der Waals surface area contributed by atoms with E-state index in [1.165, 1.54) is 36.2 Å². The van der Waals surface area contributed by atoms with Crippen LogP contribution in [0.1, 0.15) is 31.2 Å². The third kappa shape index (κ3) is 4.39. The molecule has 0 aliphatic heterocycles. The van der Waals surface area contributed by atoms with Gasteiger partial charge in [0, 0.05) is 20.0 Å². The van der Waals surface area contributed by atoms with Crippen LogP contribution in [-0.4, -0.2) is 35.3 Å². The van der Waals surface area contributed by atoms with Gasteiger partial charge in [0.1, 0.15) is 5.75 Å². The first kappa shape index (κ1) is 18.1. The van der Waals surface area contributed by atoms with Gasteiger partial charge in [0.25, 0.3) is 0 Å². The van der Waals surface area contributed by atoms with E-state index in [0.29, 0.717) is 18.4 Å². The first-order chi connectivity index (χ1) is 11.1. The van der Waals surface area contributed by atoms with Crippen molar-refractivity contribution in [2.75, 3.05) is 7.05 Å². The Bertz CT molecular complexity index is 609. The second-order valence-corrected chi connectivity index (χ2v) is 6.06. The van der Waals surface area contributed by atoms with E-state index in [9.17, 15) is 27.9 Å². The van der Waals surface area contributed by atoms with Crippen molar-refractivity contribution in [3.05, 3.63) is 29.8 Å². The van der Waals surface area contributed by atoms with Gasteiger partial charge in [0.2, 0.25) is 5.91 Å². The smallest absolute Gasteiger partial charge is 0.481 e. The third-order valence-electron chi connectivity index (χ3n) is 4.26. The molecule has 5 nitrogen and oxygen atoms in total. The van der Waals surface area contributed by atoms with Gasteiger partial charge in [0.05, 0.1) is 5.41 Å². The number of rotatable bonds is 6. The van der Waals surface area contributed by atoms with E-state index in [2.05, 4.69) is 4.74 Å². The van der Waals surface area contributed by atoms with Gasteiger partial charge in [0.15, 0.2) is 0 Å². The molecule has 1 saturated carbocycles. The van der Waals surface area contributed by atoms with Gasteiger partial charge in [-0.3, -0.25) is 9.59 Å². The maximum absolute atomic E-state index is 12.2. The van der Waals surface area contributed by atoms with E-state index in [0.717, 1.165) is 6.42 Å². The normalized spacial score (nSPS) is 16.2. The summed E-state index contributed by atoms with van der Waals surface area (Å²) in [6.07, 6.45) is -3.03. The molecule has 0 unspecified atom stereocenters. The molecule has 0 radical (unpaired) electrons. The molecule has 8 heteroatoms. The standard InChI is InChI=1S/C16H18F3NO4/c1-20(13(21)9-15(14(22)23)7-2-8-15)10-11-3-5-12(6-4-11)24-16(17,18)19/h3-6H,2,7-10H2,1H3,(H,22,23). The van der Waals surface area contributed by atoms with Crippen LogP contribution in [0.15, 0.2) is 24.3 Å². The highest BCUT2D eigenvalue weighted by molar-refractivity contribution is 5.85. The molecular weight excluding hydrogens is 327 g/mol. The number of alkyl halides is 3. The molecule has 0 atom stereocenters. The van der Waals surface area contributed by atoms with Crippen molar-refractivity contribution in [1.29, 1.82) is 0 Å². The van der Waals surface area contributed by atoms with Gasteiger partial charge in [-0.15, -0.1) is 13.2 Å². The van der Waals surface area contributed by atoms with Crippen LogP contribution in [0.3, 0.4) is 0 Å². The van der Waals surface area contributed by atoms with Crippen molar-refractivity contribution < 1.29 is 32.6 Å². The molecule has 0 bridgehead atoms. The molecule has 0 aromatic heterocycles. The minimum atomic E-state index is -4.75. The summed E-state index contributed by atoms with van der Waals surface area (Å²) in [7, 11) is 1.54. The first-order valence-electron chi connectivity index (χ1n) is 7.43. The molecule has 132 valence electrons. The average molecular weight is 345 g/mol. The summed E-state index contributed by atoms with van der Waals surface area (Å²) in [6.45, 7) is 0.181. The van der Waals surface area contributed by atoms with E-state index in [4.69, 9.17) is 0 Å². The molecule has 1 amide bonds. The summed E-state index contributed by atoms with van der Waals surface area (Å²) in [5, 5.41) is 9.25. The predicted molar refractivity (Wildman–Crippen MR) is 78.1 cm³/mol. The van der Waals surface area contributed by atoms with E-state index >= 15 is 0 Å². The fraction of sp³-hybridized carbons (Fsp3) is 0.500. The number of carboxylic acid groups (broad SMARTS) is 1. The molecule has 0 heterocycles. The third-order valence-corrected chi connectivity index (χ3v) is 4.26. The molecule has 1 fully saturated rings. The Balaban J connectivity index is 1.93. The van der Waals surface area contributed by atoms with Gasteiger partial charge in [-0.05, 0) is 30.5 Å². The zero-order valence-electron chi connectivity index (χ0n) is 13.1. The van der Waals surface area contributed by atoms with Gasteiger partial charge in [-0.2, -0.15) is 0 Å². The van der Waals surface area contributed by atoms with Gasteiger partial charge < -0.3 is 14.7 Å². The van der Waals surface area contributed by atoms with Crippen LogP contribution in [0.4, 0.5) is 13.2 Å². The average Bonchev–Trinajstić information content (AvgIpc) is 2.42. The van der Waals surface area contributed by atoms with E-state index < -0.39 is 17.7 Å². The molecule has 0 spiro atoms. The molecule has 1 aromatic rings. The SMILES string of the molecule is CN(Cc1ccc(OC(F)(F)F)cc1)C(=O)CC1(C(=O)O)CCC1. The Hall–Kier alpha value is -2.25. The summed E-state index contributed by atoms with van der Waals surface area (Å²) >= 11 is 0. The van der Waals surface area contributed by atoms with Crippen molar-refractivity contribution in [3.63, 3.8) is 0 Å². The largest absolute Gasteiger partial charge is 0.573 e. The van der Waals surface area contributed by atoms with Crippen molar-refractivity contribution in [2.45, 2.75) is 38.6 Å². The van der Waals surface area contributed by atoms with Gasteiger partial charge in [-0.25, -0.2) is 0 Å². The van der Waals surface area contributed by atoms with Gasteiger partial charge in [-0.1, -0.05) is 18.6 Å². The molecule has 1 aliphatic carbocycles. The first-order valence-corrected chi connectivity index (χ1v) is 7.43. The van der Waals surface area contributed by atoms with Crippen LogP contribution >= 0.6 is 0 Å². The minimum Gasteiger partial charge on any atom is -0.481 e. The molecule has 2 rings (SSSR count). The van der Waals surface area contributed by atoms with Crippen LogP contribution in [0.25, 0.3) is 0 Å². The van der Waals surface area contributed by atoms with E-state index in [1.54, 1.807) is 0 Å². The highest BCUT2D eigenvalue weighted by Crippen LogP contribution is 2.44. The zero-order valence-corrected chi connectivity index (χ0v) is 13.1. The molecule has 1 aromatic carbocycles. The van der Waals surface area contributed by atoms with Crippen molar-refractivity contribution in [3.8, 4) is 5.75 Å². The Morgan fingerprint density at radius 2 is 1.83 bits per heavy atom. The number of aliphatic carboxylic acids is 1. The lowest BCUT2D eigenvalue weighted by Gasteiger charge is -2.38. The topological polar surface area (TPSA) is 66.8 Å². The van der Waals surface area contributed by atoms with Gasteiger partial charge >= 0.3 is 12.3 Å². The number of carbonyl (C=O) groups is 2.